The van der Waals surface area contributed by atoms with Gasteiger partial charge in [-0.1, -0.05) is 19.8 Å². The second-order valence-corrected chi connectivity index (χ2v) is 6.56. The van der Waals surface area contributed by atoms with E-state index in [9.17, 15) is 9.59 Å². The average Bonchev–Trinajstić information content (AvgIpc) is 2.82. The molecule has 2 N–H and O–H groups in total. The Bertz CT molecular complexity index is 378. The Balaban J connectivity index is 0.00000220. The third-order valence-corrected chi connectivity index (χ3v) is 4.65. The highest BCUT2D eigenvalue weighted by atomic mass is 35.5. The number of nitrogens with zero attached hydrogens (tertiary/aromatic N) is 2. The minimum Gasteiger partial charge on any atom is -0.341 e. The van der Waals surface area contributed by atoms with Crippen molar-refractivity contribution in [3.8, 4) is 0 Å². The molecule has 2 heterocycles. The summed E-state index contributed by atoms with van der Waals surface area (Å²) >= 11 is 0. The van der Waals surface area contributed by atoms with Crippen LogP contribution in [-0.4, -0.2) is 54.3 Å². The highest BCUT2D eigenvalue weighted by molar-refractivity contribution is 5.85. The smallest absolute Gasteiger partial charge is 0.242 e. The highest BCUT2D eigenvalue weighted by Gasteiger charge is 2.35. The van der Waals surface area contributed by atoms with Crippen molar-refractivity contribution < 1.29 is 9.59 Å². The monoisotopic (exact) mass is 317 g/mol. The van der Waals surface area contributed by atoms with E-state index in [0.29, 0.717) is 13.0 Å². The van der Waals surface area contributed by atoms with E-state index in [1.165, 1.54) is 0 Å². The van der Waals surface area contributed by atoms with E-state index in [0.717, 1.165) is 51.7 Å². The molecule has 0 saturated carbocycles. The van der Waals surface area contributed by atoms with Crippen LogP contribution in [0.1, 0.15) is 45.4 Å². The third kappa shape index (κ3) is 4.85. The number of likely N-dealkylation sites (tertiary alicyclic amines) is 2. The lowest BCUT2D eigenvalue weighted by atomic mass is 9.90. The molecular weight excluding hydrogens is 290 g/mol. The molecule has 0 aromatic heterocycles. The van der Waals surface area contributed by atoms with Crippen LogP contribution in [0.3, 0.4) is 0 Å². The van der Waals surface area contributed by atoms with Crippen molar-refractivity contribution >= 4 is 24.2 Å². The molecular formula is C15H28ClN3O2. The van der Waals surface area contributed by atoms with Gasteiger partial charge in [-0.25, -0.2) is 0 Å². The van der Waals surface area contributed by atoms with E-state index in [1.54, 1.807) is 4.90 Å². The maximum atomic E-state index is 12.4. The Labute approximate surface area is 133 Å². The standard InChI is InChI=1S/C15H27N3O2.ClH/c1-15(11-16)7-9-18(12-15)14(20)10-17-8-5-3-2-4-6-13(17)19;/h2-12,16H2,1H3;1H. The summed E-state index contributed by atoms with van der Waals surface area (Å²) in [6.45, 7) is 5.21. The van der Waals surface area contributed by atoms with Crippen LogP contribution in [0.15, 0.2) is 0 Å². The Kier molecular flexibility index (Phi) is 6.94. The van der Waals surface area contributed by atoms with Crippen LogP contribution in [0.4, 0.5) is 0 Å². The summed E-state index contributed by atoms with van der Waals surface area (Å²) < 4.78 is 0. The molecule has 5 nitrogen and oxygen atoms in total. The molecule has 122 valence electrons. The number of halogens is 1. The van der Waals surface area contributed by atoms with Crippen molar-refractivity contribution in [2.24, 2.45) is 11.1 Å². The summed E-state index contributed by atoms with van der Waals surface area (Å²) in [6, 6.07) is 0. The van der Waals surface area contributed by atoms with Gasteiger partial charge in [-0.15, -0.1) is 12.4 Å². The lowest BCUT2D eigenvalue weighted by molar-refractivity contribution is -0.140. The molecule has 0 aliphatic carbocycles. The Hall–Kier alpha value is -0.810. The van der Waals surface area contributed by atoms with Crippen molar-refractivity contribution in [2.45, 2.75) is 45.4 Å². The lowest BCUT2D eigenvalue weighted by Crippen LogP contribution is -2.43. The molecule has 2 amide bonds. The van der Waals surface area contributed by atoms with Gasteiger partial charge in [0.1, 0.15) is 0 Å². The van der Waals surface area contributed by atoms with E-state index in [2.05, 4.69) is 6.92 Å². The van der Waals surface area contributed by atoms with Crippen LogP contribution in [0.5, 0.6) is 0 Å². The number of rotatable bonds is 3. The predicted octanol–water partition coefficient (Wildman–Crippen LogP) is 1.40. The van der Waals surface area contributed by atoms with Gasteiger partial charge in [0.15, 0.2) is 0 Å². The van der Waals surface area contributed by atoms with Crippen molar-refractivity contribution in [1.82, 2.24) is 9.80 Å². The van der Waals surface area contributed by atoms with Crippen LogP contribution in [0, 0.1) is 5.41 Å². The average molecular weight is 318 g/mol. The molecule has 2 rings (SSSR count). The van der Waals surface area contributed by atoms with Crippen LogP contribution >= 0.6 is 12.4 Å². The summed E-state index contributed by atoms with van der Waals surface area (Å²) in [7, 11) is 0. The van der Waals surface area contributed by atoms with Gasteiger partial charge in [-0.3, -0.25) is 9.59 Å². The molecule has 1 atom stereocenters. The zero-order chi connectivity index (χ0) is 14.6. The molecule has 0 radical (unpaired) electrons. The zero-order valence-corrected chi connectivity index (χ0v) is 13.8. The van der Waals surface area contributed by atoms with Gasteiger partial charge in [-0.2, -0.15) is 0 Å². The van der Waals surface area contributed by atoms with Crippen LogP contribution in [0.25, 0.3) is 0 Å². The zero-order valence-electron chi connectivity index (χ0n) is 13.0. The van der Waals surface area contributed by atoms with Gasteiger partial charge in [0.05, 0.1) is 6.54 Å². The predicted molar refractivity (Wildman–Crippen MR) is 85.3 cm³/mol. The minimum atomic E-state index is 0. The number of carbonyl (C=O) groups excluding carboxylic acids is 2. The number of hydrogen-bond acceptors (Lipinski definition) is 3. The van der Waals surface area contributed by atoms with Gasteiger partial charge >= 0.3 is 0 Å². The maximum absolute atomic E-state index is 12.4. The summed E-state index contributed by atoms with van der Waals surface area (Å²) in [6.07, 6.45) is 5.82. The lowest BCUT2D eigenvalue weighted by Gasteiger charge is -2.27. The van der Waals surface area contributed by atoms with Crippen molar-refractivity contribution in [1.29, 1.82) is 0 Å². The Morgan fingerprint density at radius 1 is 1.24 bits per heavy atom. The Morgan fingerprint density at radius 3 is 2.62 bits per heavy atom. The molecule has 2 fully saturated rings. The summed E-state index contributed by atoms with van der Waals surface area (Å²) in [5.74, 6) is 0.218. The first-order valence-corrected chi connectivity index (χ1v) is 7.80. The van der Waals surface area contributed by atoms with Crippen molar-refractivity contribution in [2.75, 3.05) is 32.7 Å². The summed E-state index contributed by atoms with van der Waals surface area (Å²) in [5, 5.41) is 0. The molecule has 6 heteroatoms. The number of carbonyl (C=O) groups is 2. The summed E-state index contributed by atoms with van der Waals surface area (Å²) in [4.78, 5) is 28.0. The molecule has 0 bridgehead atoms. The molecule has 1 unspecified atom stereocenters. The molecule has 21 heavy (non-hydrogen) atoms. The highest BCUT2D eigenvalue weighted by Crippen LogP contribution is 2.28. The quantitative estimate of drug-likeness (QED) is 0.855. The number of amides is 2. The summed E-state index contributed by atoms with van der Waals surface area (Å²) in [5.41, 5.74) is 5.82. The second-order valence-electron chi connectivity index (χ2n) is 6.56. The van der Waals surface area contributed by atoms with Crippen LogP contribution in [-0.2, 0) is 9.59 Å². The topological polar surface area (TPSA) is 66.6 Å². The number of hydrogen-bond donors (Lipinski definition) is 1. The van der Waals surface area contributed by atoms with E-state index in [-0.39, 0.29) is 36.2 Å². The van der Waals surface area contributed by atoms with Gasteiger partial charge in [0.25, 0.3) is 0 Å². The first-order valence-electron chi connectivity index (χ1n) is 7.80. The van der Waals surface area contributed by atoms with Crippen molar-refractivity contribution in [3.63, 3.8) is 0 Å². The first kappa shape index (κ1) is 18.2. The van der Waals surface area contributed by atoms with Gasteiger partial charge in [0, 0.05) is 26.1 Å². The van der Waals surface area contributed by atoms with Gasteiger partial charge in [0.2, 0.25) is 11.8 Å². The molecule has 0 spiro atoms. The van der Waals surface area contributed by atoms with E-state index in [4.69, 9.17) is 5.73 Å². The maximum Gasteiger partial charge on any atom is 0.242 e. The fraction of sp³-hybridized carbons (Fsp3) is 0.867. The first-order chi connectivity index (χ1) is 9.54. The minimum absolute atomic E-state index is 0. The second kappa shape index (κ2) is 7.99. The van der Waals surface area contributed by atoms with E-state index in [1.807, 2.05) is 4.90 Å². The third-order valence-electron chi connectivity index (χ3n) is 4.65. The van der Waals surface area contributed by atoms with E-state index < -0.39 is 0 Å². The van der Waals surface area contributed by atoms with Gasteiger partial charge < -0.3 is 15.5 Å². The molecule has 0 aromatic rings. The van der Waals surface area contributed by atoms with Crippen LogP contribution < -0.4 is 5.73 Å². The van der Waals surface area contributed by atoms with Crippen molar-refractivity contribution in [3.05, 3.63) is 0 Å². The fourth-order valence-corrected chi connectivity index (χ4v) is 3.05. The molecule has 2 aliphatic rings. The Morgan fingerprint density at radius 2 is 1.95 bits per heavy atom. The SMILES string of the molecule is CC1(CN)CCN(C(=O)CN2CCCCCCC2=O)C1.Cl. The molecule has 0 aromatic carbocycles. The largest absolute Gasteiger partial charge is 0.341 e. The van der Waals surface area contributed by atoms with E-state index >= 15 is 0 Å². The normalized spacial score (nSPS) is 27.0. The molecule has 2 aliphatic heterocycles. The van der Waals surface area contributed by atoms with Gasteiger partial charge in [-0.05, 0) is 31.2 Å². The van der Waals surface area contributed by atoms with Crippen LogP contribution in [0.2, 0.25) is 0 Å². The molecule has 2 saturated heterocycles. The number of nitrogens with two attached hydrogens (primary N) is 1. The fourth-order valence-electron chi connectivity index (χ4n) is 3.05.